The van der Waals surface area contributed by atoms with Crippen molar-refractivity contribution in [1.82, 2.24) is 0 Å². The summed E-state index contributed by atoms with van der Waals surface area (Å²) in [5, 5.41) is 8.07. The van der Waals surface area contributed by atoms with Gasteiger partial charge in [0.2, 0.25) is 0 Å². The first-order valence-corrected chi connectivity index (χ1v) is 2.19. The maximum atomic E-state index is 8.18. The number of halogens is 1. The van der Waals surface area contributed by atoms with Gasteiger partial charge in [-0.25, -0.2) is 0 Å². The van der Waals surface area contributed by atoms with E-state index in [2.05, 4.69) is 0 Å². The number of rotatable bonds is 1. The van der Waals surface area contributed by atoms with Gasteiger partial charge >= 0.3 is 0 Å². The SMILES string of the molecule is CC/C=C(\O)Cl. The lowest BCUT2D eigenvalue weighted by molar-refractivity contribution is 0.450. The molecule has 0 aromatic heterocycles. The Labute approximate surface area is 42.2 Å². The quantitative estimate of drug-likeness (QED) is 0.507. The Kier molecular flexibility index (Phi) is 2.95. The summed E-state index contributed by atoms with van der Waals surface area (Å²) in [7, 11) is 0. The van der Waals surface area contributed by atoms with Crippen molar-refractivity contribution < 1.29 is 5.11 Å². The van der Waals surface area contributed by atoms with E-state index in [9.17, 15) is 0 Å². The highest BCUT2D eigenvalue weighted by molar-refractivity contribution is 6.27. The Bertz CT molecular complexity index is 54.6. The standard InChI is InChI=1S/C4H7ClO/c1-2-3-4(5)6/h3,6H,2H2,1H3/b4-3-. The normalized spacial score (nSPS) is 12.0. The second-order valence-electron chi connectivity index (χ2n) is 0.935. The van der Waals surface area contributed by atoms with Crippen LogP contribution in [0.25, 0.3) is 0 Å². The number of hydrogen-bond donors (Lipinski definition) is 1. The van der Waals surface area contributed by atoms with E-state index in [-0.39, 0.29) is 5.22 Å². The second kappa shape index (κ2) is 3.04. The van der Waals surface area contributed by atoms with Crippen molar-refractivity contribution in [3.63, 3.8) is 0 Å². The maximum Gasteiger partial charge on any atom is 0.180 e. The molecule has 0 radical (unpaired) electrons. The Balaban J connectivity index is 3.14. The fourth-order valence-electron chi connectivity index (χ4n) is 0.168. The summed E-state index contributed by atoms with van der Waals surface area (Å²) in [5.41, 5.74) is 0. The minimum atomic E-state index is -0.113. The molecule has 0 aliphatic heterocycles. The zero-order valence-corrected chi connectivity index (χ0v) is 4.37. The average molecular weight is 107 g/mol. The van der Waals surface area contributed by atoms with Crippen molar-refractivity contribution in [1.29, 1.82) is 0 Å². The molecule has 1 N–H and O–H groups in total. The van der Waals surface area contributed by atoms with Crippen LogP contribution < -0.4 is 0 Å². The van der Waals surface area contributed by atoms with E-state index in [4.69, 9.17) is 16.7 Å². The summed E-state index contributed by atoms with van der Waals surface area (Å²) in [4.78, 5) is 0. The van der Waals surface area contributed by atoms with Crippen LogP contribution in [0.1, 0.15) is 13.3 Å². The zero-order valence-electron chi connectivity index (χ0n) is 3.61. The van der Waals surface area contributed by atoms with Crippen molar-refractivity contribution >= 4 is 11.6 Å². The second-order valence-corrected chi connectivity index (χ2v) is 1.32. The van der Waals surface area contributed by atoms with E-state index in [1.54, 1.807) is 0 Å². The van der Waals surface area contributed by atoms with E-state index in [1.807, 2.05) is 6.92 Å². The Morgan fingerprint density at radius 1 is 2.00 bits per heavy atom. The molecule has 0 saturated carbocycles. The van der Waals surface area contributed by atoms with Crippen molar-refractivity contribution in [2.45, 2.75) is 13.3 Å². The fourth-order valence-corrected chi connectivity index (χ4v) is 0.323. The Morgan fingerprint density at radius 3 is 2.50 bits per heavy atom. The van der Waals surface area contributed by atoms with Crippen LogP contribution in [-0.2, 0) is 0 Å². The van der Waals surface area contributed by atoms with Crippen molar-refractivity contribution in [2.24, 2.45) is 0 Å². The van der Waals surface area contributed by atoms with Crippen LogP contribution >= 0.6 is 11.6 Å². The molecule has 36 valence electrons. The minimum absolute atomic E-state index is 0.113. The molecule has 6 heavy (non-hydrogen) atoms. The minimum Gasteiger partial charge on any atom is -0.499 e. The molecule has 0 aromatic rings. The van der Waals surface area contributed by atoms with Gasteiger partial charge in [-0.15, -0.1) is 0 Å². The summed E-state index contributed by atoms with van der Waals surface area (Å²) in [5.74, 6) is 0. The van der Waals surface area contributed by atoms with E-state index < -0.39 is 0 Å². The third kappa shape index (κ3) is 3.83. The molecule has 0 unspecified atom stereocenters. The fraction of sp³-hybridized carbons (Fsp3) is 0.500. The van der Waals surface area contributed by atoms with Crippen molar-refractivity contribution in [2.75, 3.05) is 0 Å². The molecule has 0 rings (SSSR count). The van der Waals surface area contributed by atoms with Crippen molar-refractivity contribution in [3.8, 4) is 0 Å². The third-order valence-electron chi connectivity index (χ3n) is 0.373. The highest BCUT2D eigenvalue weighted by atomic mass is 35.5. The molecule has 0 aliphatic rings. The largest absolute Gasteiger partial charge is 0.499 e. The van der Waals surface area contributed by atoms with E-state index in [0.29, 0.717) is 0 Å². The third-order valence-corrected chi connectivity index (χ3v) is 0.527. The van der Waals surface area contributed by atoms with Gasteiger partial charge in [0.25, 0.3) is 0 Å². The molecule has 2 heteroatoms. The predicted octanol–water partition coefficient (Wildman–Crippen LogP) is 2.03. The summed E-state index contributed by atoms with van der Waals surface area (Å²) < 4.78 is 0. The lowest BCUT2D eigenvalue weighted by atomic mass is 10.5. The lowest BCUT2D eigenvalue weighted by Crippen LogP contribution is -1.60. The van der Waals surface area contributed by atoms with Crippen LogP contribution in [-0.4, -0.2) is 5.11 Å². The molecule has 1 nitrogen and oxygen atoms in total. The monoisotopic (exact) mass is 106 g/mol. The number of hydrogen-bond acceptors (Lipinski definition) is 1. The van der Waals surface area contributed by atoms with E-state index in [0.717, 1.165) is 6.42 Å². The smallest absolute Gasteiger partial charge is 0.180 e. The van der Waals surface area contributed by atoms with Crippen LogP contribution in [0.3, 0.4) is 0 Å². The summed E-state index contributed by atoms with van der Waals surface area (Å²) in [6, 6.07) is 0. The van der Waals surface area contributed by atoms with Gasteiger partial charge in [0.1, 0.15) is 0 Å². The van der Waals surface area contributed by atoms with Crippen molar-refractivity contribution in [3.05, 3.63) is 11.3 Å². The average Bonchev–Trinajstić information content (AvgIpc) is 1.35. The van der Waals surface area contributed by atoms with Gasteiger partial charge in [-0.1, -0.05) is 6.92 Å². The van der Waals surface area contributed by atoms with Crippen LogP contribution in [0, 0.1) is 0 Å². The first kappa shape index (κ1) is 5.83. The van der Waals surface area contributed by atoms with Crippen LogP contribution in [0.5, 0.6) is 0 Å². The van der Waals surface area contributed by atoms with E-state index in [1.165, 1.54) is 6.08 Å². The molecule has 0 heterocycles. The van der Waals surface area contributed by atoms with Gasteiger partial charge in [-0.3, -0.25) is 0 Å². The van der Waals surface area contributed by atoms with Crippen LogP contribution in [0.2, 0.25) is 0 Å². The van der Waals surface area contributed by atoms with Crippen LogP contribution in [0.4, 0.5) is 0 Å². The molecular formula is C4H7ClO. The molecule has 0 amide bonds. The molecule has 0 atom stereocenters. The summed E-state index contributed by atoms with van der Waals surface area (Å²) in [6.07, 6.45) is 2.32. The Hall–Kier alpha value is -0.170. The molecule has 0 fully saturated rings. The first-order valence-electron chi connectivity index (χ1n) is 1.82. The molecule has 0 spiro atoms. The number of allylic oxidation sites excluding steroid dienone is 1. The highest BCUT2D eigenvalue weighted by Crippen LogP contribution is 1.93. The molecule has 0 aromatic carbocycles. The molecule has 0 saturated heterocycles. The predicted molar refractivity (Wildman–Crippen MR) is 26.9 cm³/mol. The topological polar surface area (TPSA) is 20.2 Å². The lowest BCUT2D eigenvalue weighted by Gasteiger charge is -1.77. The van der Waals surface area contributed by atoms with Crippen LogP contribution in [0.15, 0.2) is 11.3 Å². The van der Waals surface area contributed by atoms with Gasteiger partial charge in [0.15, 0.2) is 5.22 Å². The van der Waals surface area contributed by atoms with E-state index >= 15 is 0 Å². The molecule has 0 bridgehead atoms. The van der Waals surface area contributed by atoms with Gasteiger partial charge in [-0.2, -0.15) is 0 Å². The van der Waals surface area contributed by atoms with Gasteiger partial charge < -0.3 is 5.11 Å². The Morgan fingerprint density at radius 2 is 2.50 bits per heavy atom. The maximum absolute atomic E-state index is 8.18. The van der Waals surface area contributed by atoms with Gasteiger partial charge in [-0.05, 0) is 24.1 Å². The number of aliphatic hydroxyl groups is 1. The van der Waals surface area contributed by atoms with Gasteiger partial charge in [0.05, 0.1) is 0 Å². The summed E-state index contributed by atoms with van der Waals surface area (Å²) in [6.45, 7) is 1.90. The summed E-state index contributed by atoms with van der Waals surface area (Å²) >= 11 is 4.99. The highest BCUT2D eigenvalue weighted by Gasteiger charge is 1.73. The first-order chi connectivity index (χ1) is 2.77. The van der Waals surface area contributed by atoms with Gasteiger partial charge in [0, 0.05) is 0 Å². The number of aliphatic hydroxyl groups excluding tert-OH is 1. The zero-order chi connectivity index (χ0) is 4.99. The molecule has 0 aliphatic carbocycles. The molecular weight excluding hydrogens is 99.5 g/mol.